The molecule has 7 heteroatoms. The highest BCUT2D eigenvalue weighted by atomic mass is 16.5. The SMILES string of the molecule is CCOc1cc(/C=C/C(=O)NCc2cn3c(n2)CCCC3)ccc1OCCOc1ccccc1. The molecule has 178 valence electrons. The number of hydrogen-bond donors (Lipinski definition) is 1. The van der Waals surface area contributed by atoms with E-state index in [0.29, 0.717) is 37.9 Å². The number of benzene rings is 2. The molecule has 0 saturated heterocycles. The van der Waals surface area contributed by atoms with Crippen molar-refractivity contribution < 1.29 is 19.0 Å². The van der Waals surface area contributed by atoms with E-state index in [4.69, 9.17) is 14.2 Å². The average molecular weight is 462 g/mol. The van der Waals surface area contributed by atoms with Crippen molar-refractivity contribution in [3.8, 4) is 17.2 Å². The van der Waals surface area contributed by atoms with Crippen molar-refractivity contribution in [3.63, 3.8) is 0 Å². The van der Waals surface area contributed by atoms with Crippen LogP contribution in [0.15, 0.2) is 60.8 Å². The first-order chi connectivity index (χ1) is 16.7. The number of ether oxygens (including phenoxy) is 3. The van der Waals surface area contributed by atoms with Gasteiger partial charge in [-0.15, -0.1) is 0 Å². The van der Waals surface area contributed by atoms with Crippen molar-refractivity contribution in [2.24, 2.45) is 0 Å². The zero-order valence-corrected chi connectivity index (χ0v) is 19.5. The number of nitrogens with one attached hydrogen (secondary N) is 1. The van der Waals surface area contributed by atoms with Crippen molar-refractivity contribution in [1.82, 2.24) is 14.9 Å². The van der Waals surface area contributed by atoms with Crippen LogP contribution in [-0.4, -0.2) is 35.3 Å². The number of carbonyl (C=O) groups is 1. The topological polar surface area (TPSA) is 74.6 Å². The Kier molecular flexibility index (Phi) is 8.22. The van der Waals surface area contributed by atoms with Crippen LogP contribution >= 0.6 is 0 Å². The molecule has 3 aromatic rings. The second-order valence-corrected chi connectivity index (χ2v) is 8.00. The Morgan fingerprint density at radius 3 is 2.74 bits per heavy atom. The molecule has 0 radical (unpaired) electrons. The molecule has 2 aromatic carbocycles. The van der Waals surface area contributed by atoms with Crippen molar-refractivity contribution in [2.45, 2.75) is 39.3 Å². The highest BCUT2D eigenvalue weighted by Crippen LogP contribution is 2.29. The highest BCUT2D eigenvalue weighted by Gasteiger charge is 2.12. The number of imidazole rings is 1. The molecular formula is C27H31N3O4. The van der Waals surface area contributed by atoms with Gasteiger partial charge in [0.05, 0.1) is 18.8 Å². The van der Waals surface area contributed by atoms with E-state index >= 15 is 0 Å². The summed E-state index contributed by atoms with van der Waals surface area (Å²) in [5, 5.41) is 2.91. The Morgan fingerprint density at radius 1 is 1.06 bits per heavy atom. The molecule has 1 aliphatic rings. The van der Waals surface area contributed by atoms with Gasteiger partial charge in [-0.3, -0.25) is 4.79 Å². The Labute approximate surface area is 200 Å². The van der Waals surface area contributed by atoms with Crippen LogP contribution in [0.25, 0.3) is 6.08 Å². The number of amides is 1. The lowest BCUT2D eigenvalue weighted by atomic mass is 10.2. The molecule has 1 aliphatic heterocycles. The maximum Gasteiger partial charge on any atom is 0.244 e. The van der Waals surface area contributed by atoms with Crippen molar-refractivity contribution in [3.05, 3.63) is 77.9 Å². The lowest BCUT2D eigenvalue weighted by Gasteiger charge is -2.13. The summed E-state index contributed by atoms with van der Waals surface area (Å²) in [6.07, 6.45) is 8.70. The minimum absolute atomic E-state index is 0.165. The van der Waals surface area contributed by atoms with Gasteiger partial charge in [-0.1, -0.05) is 24.3 Å². The number of para-hydroxylation sites is 1. The molecule has 0 spiro atoms. The Bertz CT molecular complexity index is 1080. The third kappa shape index (κ3) is 6.63. The van der Waals surface area contributed by atoms with Gasteiger partial charge in [0.15, 0.2) is 11.5 Å². The monoisotopic (exact) mass is 461 g/mol. The lowest BCUT2D eigenvalue weighted by Crippen LogP contribution is -2.20. The van der Waals surface area contributed by atoms with Gasteiger partial charge in [0.1, 0.15) is 24.8 Å². The first-order valence-corrected chi connectivity index (χ1v) is 11.8. The van der Waals surface area contributed by atoms with Crippen molar-refractivity contribution in [2.75, 3.05) is 19.8 Å². The number of rotatable bonds is 11. The first-order valence-electron chi connectivity index (χ1n) is 11.8. The van der Waals surface area contributed by atoms with E-state index in [0.717, 1.165) is 35.8 Å². The molecule has 1 N–H and O–H groups in total. The van der Waals surface area contributed by atoms with Gasteiger partial charge in [-0.05, 0) is 55.7 Å². The van der Waals surface area contributed by atoms with Gasteiger partial charge in [-0.2, -0.15) is 0 Å². The number of nitrogens with zero attached hydrogens (tertiary/aromatic N) is 2. The van der Waals surface area contributed by atoms with Gasteiger partial charge in [0.25, 0.3) is 0 Å². The smallest absolute Gasteiger partial charge is 0.244 e. The standard InChI is InChI=1S/C27H31N3O4/c1-2-32-25-18-21(11-13-24(25)34-17-16-33-23-8-4-3-5-9-23)12-14-27(31)28-19-22-20-30-15-7-6-10-26(30)29-22/h3-5,8-9,11-14,18,20H,2,6-7,10,15-17,19H2,1H3,(H,28,31)/b14-12+. The van der Waals surface area contributed by atoms with Crippen molar-refractivity contribution >= 4 is 12.0 Å². The van der Waals surface area contributed by atoms with E-state index in [-0.39, 0.29) is 5.91 Å². The summed E-state index contributed by atoms with van der Waals surface area (Å²) in [6.45, 7) is 4.69. The summed E-state index contributed by atoms with van der Waals surface area (Å²) >= 11 is 0. The van der Waals surface area contributed by atoms with Crippen LogP contribution < -0.4 is 19.5 Å². The summed E-state index contributed by atoms with van der Waals surface area (Å²) in [6, 6.07) is 15.2. The molecule has 4 rings (SSSR count). The van der Waals surface area contributed by atoms with E-state index in [1.807, 2.05) is 61.7 Å². The van der Waals surface area contributed by atoms with Gasteiger partial charge in [-0.25, -0.2) is 4.98 Å². The minimum Gasteiger partial charge on any atom is -0.490 e. The third-order valence-corrected chi connectivity index (χ3v) is 5.45. The Hall–Kier alpha value is -3.74. The van der Waals surface area contributed by atoms with Crippen LogP contribution in [0.2, 0.25) is 0 Å². The second kappa shape index (κ2) is 11.9. The molecule has 0 bridgehead atoms. The van der Waals surface area contributed by atoms with E-state index in [2.05, 4.69) is 14.9 Å². The normalized spacial score (nSPS) is 12.9. The van der Waals surface area contributed by atoms with Gasteiger partial charge < -0.3 is 24.1 Å². The molecule has 0 aliphatic carbocycles. The number of aromatic nitrogens is 2. The maximum absolute atomic E-state index is 12.3. The predicted octanol–water partition coefficient (Wildman–Crippen LogP) is 4.41. The third-order valence-electron chi connectivity index (χ3n) is 5.45. The quantitative estimate of drug-likeness (QED) is 0.338. The van der Waals surface area contributed by atoms with Crippen LogP contribution in [-0.2, 0) is 24.3 Å². The molecule has 1 amide bonds. The number of fused-ring (bicyclic) bond motifs is 1. The Balaban J connectivity index is 1.28. The fourth-order valence-corrected chi connectivity index (χ4v) is 3.81. The van der Waals surface area contributed by atoms with Gasteiger partial charge in [0.2, 0.25) is 5.91 Å². The minimum atomic E-state index is -0.165. The van der Waals surface area contributed by atoms with Crippen LogP contribution in [0.1, 0.15) is 36.8 Å². The fourth-order valence-electron chi connectivity index (χ4n) is 3.81. The van der Waals surface area contributed by atoms with E-state index in [9.17, 15) is 4.79 Å². The van der Waals surface area contributed by atoms with E-state index in [1.54, 1.807) is 6.08 Å². The predicted molar refractivity (Wildman–Crippen MR) is 131 cm³/mol. The number of carbonyl (C=O) groups excluding carboxylic acids is 1. The highest BCUT2D eigenvalue weighted by molar-refractivity contribution is 5.91. The molecule has 7 nitrogen and oxygen atoms in total. The largest absolute Gasteiger partial charge is 0.490 e. The molecule has 1 aromatic heterocycles. The fraction of sp³-hybridized carbons (Fsp3) is 0.333. The van der Waals surface area contributed by atoms with E-state index < -0.39 is 0 Å². The average Bonchev–Trinajstić information content (AvgIpc) is 3.29. The summed E-state index contributed by atoms with van der Waals surface area (Å²) in [4.78, 5) is 16.9. The summed E-state index contributed by atoms with van der Waals surface area (Å²) < 4.78 is 19.4. The van der Waals surface area contributed by atoms with Crippen LogP contribution in [0.4, 0.5) is 0 Å². The molecular weight excluding hydrogens is 430 g/mol. The summed E-state index contributed by atoms with van der Waals surface area (Å²) in [5.74, 6) is 3.03. The van der Waals surface area contributed by atoms with Gasteiger partial charge in [0, 0.05) is 25.2 Å². The van der Waals surface area contributed by atoms with Crippen molar-refractivity contribution in [1.29, 1.82) is 0 Å². The molecule has 2 heterocycles. The van der Waals surface area contributed by atoms with Crippen LogP contribution in [0.5, 0.6) is 17.2 Å². The molecule has 0 fully saturated rings. The van der Waals surface area contributed by atoms with Gasteiger partial charge >= 0.3 is 0 Å². The lowest BCUT2D eigenvalue weighted by molar-refractivity contribution is -0.116. The number of hydrogen-bond acceptors (Lipinski definition) is 5. The second-order valence-electron chi connectivity index (χ2n) is 8.00. The maximum atomic E-state index is 12.3. The van der Waals surface area contributed by atoms with Crippen LogP contribution in [0.3, 0.4) is 0 Å². The zero-order valence-electron chi connectivity index (χ0n) is 19.5. The summed E-state index contributed by atoms with van der Waals surface area (Å²) in [7, 11) is 0. The van der Waals surface area contributed by atoms with Crippen LogP contribution in [0, 0.1) is 0 Å². The Morgan fingerprint density at radius 2 is 1.91 bits per heavy atom. The molecule has 34 heavy (non-hydrogen) atoms. The zero-order chi connectivity index (χ0) is 23.6. The molecule has 0 saturated carbocycles. The van der Waals surface area contributed by atoms with E-state index in [1.165, 1.54) is 18.9 Å². The number of aryl methyl sites for hydroxylation is 2. The first kappa shape index (κ1) is 23.4. The summed E-state index contributed by atoms with van der Waals surface area (Å²) in [5.41, 5.74) is 1.75. The molecule has 0 unspecified atom stereocenters. The molecule has 0 atom stereocenters.